The Labute approximate surface area is 131 Å². The predicted octanol–water partition coefficient (Wildman–Crippen LogP) is 6.10. The number of hydrogen-bond donors (Lipinski definition) is 0. The Kier molecular flexibility index (Phi) is 4.75. The van der Waals surface area contributed by atoms with Crippen LogP contribution in [0.3, 0.4) is 0 Å². The zero-order chi connectivity index (χ0) is 15.5. The van der Waals surface area contributed by atoms with Crippen LogP contribution in [0.1, 0.15) is 50.5 Å². The first-order valence-corrected chi connectivity index (χ1v) is 8.29. The maximum Gasteiger partial charge on any atom is 0.159 e. The van der Waals surface area contributed by atoms with E-state index in [1.807, 2.05) is 0 Å². The van der Waals surface area contributed by atoms with Gasteiger partial charge in [0, 0.05) is 0 Å². The van der Waals surface area contributed by atoms with E-state index >= 15 is 0 Å². The molecule has 117 valence electrons. The molecule has 3 rings (SSSR count). The van der Waals surface area contributed by atoms with Crippen LogP contribution < -0.4 is 0 Å². The quantitative estimate of drug-likeness (QED) is 0.592. The summed E-state index contributed by atoms with van der Waals surface area (Å²) in [6.45, 7) is 3.90. The van der Waals surface area contributed by atoms with E-state index < -0.39 is 11.6 Å². The largest absolute Gasteiger partial charge is 0.204 e. The summed E-state index contributed by atoms with van der Waals surface area (Å²) in [6.07, 6.45) is 12.4. The molecule has 0 spiro atoms. The highest BCUT2D eigenvalue weighted by molar-refractivity contribution is 5.66. The highest BCUT2D eigenvalue weighted by atomic mass is 19.2. The molecule has 1 aromatic carbocycles. The molecule has 2 aliphatic rings. The van der Waals surface area contributed by atoms with Crippen LogP contribution >= 0.6 is 0 Å². The Morgan fingerprint density at radius 3 is 2.36 bits per heavy atom. The van der Waals surface area contributed by atoms with Gasteiger partial charge in [0.1, 0.15) is 0 Å². The van der Waals surface area contributed by atoms with Gasteiger partial charge in [0.15, 0.2) is 11.6 Å². The molecule has 0 N–H and O–H groups in total. The van der Waals surface area contributed by atoms with Gasteiger partial charge in [-0.2, -0.15) is 0 Å². The average Bonchev–Trinajstić information content (AvgIpc) is 2.58. The summed E-state index contributed by atoms with van der Waals surface area (Å²) in [6, 6.07) is 4.24. The minimum absolute atomic E-state index is 0.680. The van der Waals surface area contributed by atoms with Gasteiger partial charge in [-0.05, 0) is 86.0 Å². The van der Waals surface area contributed by atoms with Crippen LogP contribution in [-0.4, -0.2) is 0 Å². The molecule has 1 aromatic rings. The van der Waals surface area contributed by atoms with Crippen molar-refractivity contribution in [3.8, 4) is 0 Å². The lowest BCUT2D eigenvalue weighted by Crippen LogP contribution is -2.20. The summed E-state index contributed by atoms with van der Waals surface area (Å²) in [5.74, 6) is 1.56. The van der Waals surface area contributed by atoms with Crippen molar-refractivity contribution in [1.82, 2.24) is 0 Å². The molecule has 22 heavy (non-hydrogen) atoms. The summed E-state index contributed by atoms with van der Waals surface area (Å²) in [5.41, 5.74) is 1.99. The lowest BCUT2D eigenvalue weighted by molar-refractivity contribution is 0.358. The molecule has 0 heterocycles. The van der Waals surface area contributed by atoms with Gasteiger partial charge in [-0.1, -0.05) is 18.2 Å². The highest BCUT2D eigenvalue weighted by Crippen LogP contribution is 2.42. The summed E-state index contributed by atoms with van der Waals surface area (Å²) < 4.78 is 26.4. The van der Waals surface area contributed by atoms with Gasteiger partial charge in [-0.3, -0.25) is 0 Å². The van der Waals surface area contributed by atoms with E-state index in [9.17, 15) is 8.78 Å². The Morgan fingerprint density at radius 2 is 1.77 bits per heavy atom. The van der Waals surface area contributed by atoms with E-state index in [0.29, 0.717) is 11.8 Å². The molecule has 0 aliphatic heterocycles. The Hall–Kier alpha value is -1.44. The molecule has 1 saturated carbocycles. The second kappa shape index (κ2) is 6.76. The first kappa shape index (κ1) is 15.5. The summed E-state index contributed by atoms with van der Waals surface area (Å²) in [5, 5.41) is 0. The Morgan fingerprint density at radius 1 is 1.00 bits per heavy atom. The van der Waals surface area contributed by atoms with E-state index in [1.54, 1.807) is 12.0 Å². The molecule has 2 heteroatoms. The number of halogens is 2. The molecule has 0 bridgehead atoms. The van der Waals surface area contributed by atoms with Crippen molar-refractivity contribution in [1.29, 1.82) is 0 Å². The van der Waals surface area contributed by atoms with Gasteiger partial charge in [-0.25, -0.2) is 8.78 Å². The Balaban J connectivity index is 1.62. The third kappa shape index (κ3) is 3.31. The van der Waals surface area contributed by atoms with Crippen LogP contribution in [0, 0.1) is 29.4 Å². The van der Waals surface area contributed by atoms with Crippen LogP contribution in [0.2, 0.25) is 0 Å². The van der Waals surface area contributed by atoms with Crippen molar-refractivity contribution in [2.24, 2.45) is 11.8 Å². The smallest absolute Gasteiger partial charge is 0.159 e. The maximum atomic E-state index is 13.4. The monoisotopic (exact) mass is 301 g/mol. The molecular formula is C20H23F2. The van der Waals surface area contributed by atoms with Crippen molar-refractivity contribution >= 4 is 5.57 Å². The van der Waals surface area contributed by atoms with Gasteiger partial charge in [-0.15, -0.1) is 6.58 Å². The van der Waals surface area contributed by atoms with E-state index in [-0.39, 0.29) is 0 Å². The average molecular weight is 301 g/mol. The summed E-state index contributed by atoms with van der Waals surface area (Å²) in [4.78, 5) is 0. The maximum absolute atomic E-state index is 13.4. The Bertz CT molecular complexity index is 565. The fourth-order valence-corrected chi connectivity index (χ4v) is 3.82. The first-order valence-electron chi connectivity index (χ1n) is 8.29. The van der Waals surface area contributed by atoms with Crippen LogP contribution in [0.25, 0.3) is 5.57 Å². The molecule has 1 radical (unpaired) electrons. The minimum atomic E-state index is -0.771. The van der Waals surface area contributed by atoms with Crippen molar-refractivity contribution in [2.45, 2.75) is 44.9 Å². The number of benzene rings is 1. The van der Waals surface area contributed by atoms with Crippen molar-refractivity contribution in [2.75, 3.05) is 0 Å². The molecule has 0 saturated heterocycles. The first-order chi connectivity index (χ1) is 10.7. The van der Waals surface area contributed by atoms with Gasteiger partial charge in [0.2, 0.25) is 0 Å². The molecule has 0 amide bonds. The second-order valence-corrected chi connectivity index (χ2v) is 6.56. The van der Waals surface area contributed by atoms with Crippen molar-refractivity contribution in [3.63, 3.8) is 0 Å². The van der Waals surface area contributed by atoms with Crippen LogP contribution in [0.15, 0.2) is 36.9 Å². The zero-order valence-electron chi connectivity index (χ0n) is 13.0. The normalized spacial score (nSPS) is 24.1. The van der Waals surface area contributed by atoms with E-state index in [4.69, 9.17) is 0 Å². The number of rotatable bonds is 3. The van der Waals surface area contributed by atoms with Gasteiger partial charge < -0.3 is 0 Å². The third-order valence-electron chi connectivity index (χ3n) is 5.28. The van der Waals surface area contributed by atoms with Gasteiger partial charge >= 0.3 is 0 Å². The van der Waals surface area contributed by atoms with Gasteiger partial charge in [0.05, 0.1) is 0 Å². The van der Waals surface area contributed by atoms with Crippen LogP contribution in [-0.2, 0) is 0 Å². The van der Waals surface area contributed by atoms with Crippen molar-refractivity contribution in [3.05, 3.63) is 60.0 Å². The fraction of sp³-hybridized carbons (Fsp3) is 0.450. The van der Waals surface area contributed by atoms with E-state index in [0.717, 1.165) is 30.4 Å². The zero-order valence-corrected chi connectivity index (χ0v) is 13.0. The molecule has 1 unspecified atom stereocenters. The number of hydrogen-bond acceptors (Lipinski definition) is 0. The fourth-order valence-electron chi connectivity index (χ4n) is 3.82. The number of allylic oxidation sites excluding steroid dienone is 3. The van der Waals surface area contributed by atoms with Gasteiger partial charge in [0.25, 0.3) is 0 Å². The SMILES string of the molecule is C=CC1CC[C](C2CC=C(c3ccc(F)c(F)c3)CC2)CC1. The third-order valence-corrected chi connectivity index (χ3v) is 5.28. The molecule has 1 fully saturated rings. The molecule has 2 aliphatic carbocycles. The lowest BCUT2D eigenvalue weighted by atomic mass is 9.71. The second-order valence-electron chi connectivity index (χ2n) is 6.56. The van der Waals surface area contributed by atoms with E-state index in [1.165, 1.54) is 37.8 Å². The van der Waals surface area contributed by atoms with Crippen LogP contribution in [0.4, 0.5) is 8.78 Å². The lowest BCUT2D eigenvalue weighted by Gasteiger charge is -2.34. The van der Waals surface area contributed by atoms with Crippen molar-refractivity contribution < 1.29 is 8.78 Å². The predicted molar refractivity (Wildman–Crippen MR) is 87.1 cm³/mol. The van der Waals surface area contributed by atoms with E-state index in [2.05, 4.69) is 18.7 Å². The highest BCUT2D eigenvalue weighted by Gasteiger charge is 2.28. The minimum Gasteiger partial charge on any atom is -0.204 e. The molecule has 0 aromatic heterocycles. The standard InChI is InChI=1S/C20H23F2/c1-2-14-3-5-15(6-4-14)16-7-9-17(10-8-16)18-11-12-19(21)20(22)13-18/h2,9,11-14,16H,1,3-8,10H2. The molecular weight excluding hydrogens is 278 g/mol. The topological polar surface area (TPSA) is 0 Å². The summed E-state index contributed by atoms with van der Waals surface area (Å²) in [7, 11) is 0. The van der Waals surface area contributed by atoms with Crippen LogP contribution in [0.5, 0.6) is 0 Å². The molecule has 1 atom stereocenters. The summed E-state index contributed by atoms with van der Waals surface area (Å²) >= 11 is 0. The molecule has 0 nitrogen and oxygen atoms in total.